The molecule has 1 aromatic rings. The quantitative estimate of drug-likeness (QED) is 0.816. The summed E-state index contributed by atoms with van der Waals surface area (Å²) in [6.45, 7) is 3.51. The second-order valence-corrected chi connectivity index (χ2v) is 5.36. The molecule has 2 nitrogen and oxygen atoms in total. The predicted molar refractivity (Wildman–Crippen MR) is 71.3 cm³/mol. The molecule has 0 bridgehead atoms. The molecule has 2 aliphatic heterocycles. The Kier molecular flexibility index (Phi) is 3.44. The van der Waals surface area contributed by atoms with E-state index in [-0.39, 0.29) is 0 Å². The largest absolute Gasteiger partial charge is 0.316 e. The van der Waals surface area contributed by atoms with Crippen molar-refractivity contribution < 1.29 is 0 Å². The number of piperidine rings is 1. The van der Waals surface area contributed by atoms with Crippen molar-refractivity contribution in [2.45, 2.75) is 37.6 Å². The minimum atomic E-state index is 0.597. The van der Waals surface area contributed by atoms with Crippen LogP contribution in [0.4, 0.5) is 0 Å². The van der Waals surface area contributed by atoms with Gasteiger partial charge in [-0.15, -0.1) is 0 Å². The van der Waals surface area contributed by atoms with Gasteiger partial charge in [-0.1, -0.05) is 30.7 Å². The fourth-order valence-corrected chi connectivity index (χ4v) is 3.08. The van der Waals surface area contributed by atoms with E-state index in [0.29, 0.717) is 6.04 Å². The SMILES string of the molecule is c1cc(C2CCCCN2)ccc1C1CCNC1. The molecule has 0 aromatic heterocycles. The molecule has 17 heavy (non-hydrogen) atoms. The Hall–Kier alpha value is -0.860. The minimum Gasteiger partial charge on any atom is -0.316 e. The highest BCUT2D eigenvalue weighted by molar-refractivity contribution is 5.28. The van der Waals surface area contributed by atoms with Gasteiger partial charge in [0.05, 0.1) is 0 Å². The maximum absolute atomic E-state index is 3.61. The van der Waals surface area contributed by atoms with Crippen molar-refractivity contribution in [3.8, 4) is 0 Å². The van der Waals surface area contributed by atoms with E-state index in [1.807, 2.05) is 0 Å². The van der Waals surface area contributed by atoms with Gasteiger partial charge in [-0.3, -0.25) is 0 Å². The molecule has 3 rings (SSSR count). The lowest BCUT2D eigenvalue weighted by atomic mass is 9.93. The maximum atomic E-state index is 3.61. The molecule has 0 spiro atoms. The van der Waals surface area contributed by atoms with Gasteiger partial charge in [0, 0.05) is 12.6 Å². The highest BCUT2D eigenvalue weighted by Crippen LogP contribution is 2.26. The van der Waals surface area contributed by atoms with Gasteiger partial charge in [0.15, 0.2) is 0 Å². The van der Waals surface area contributed by atoms with Crippen LogP contribution in [0.15, 0.2) is 24.3 Å². The third-order valence-electron chi connectivity index (χ3n) is 4.18. The molecule has 1 aromatic carbocycles. The Bertz CT molecular complexity index is 346. The molecule has 2 fully saturated rings. The van der Waals surface area contributed by atoms with Gasteiger partial charge < -0.3 is 10.6 Å². The second-order valence-electron chi connectivity index (χ2n) is 5.36. The lowest BCUT2D eigenvalue weighted by molar-refractivity contribution is 0.412. The van der Waals surface area contributed by atoms with E-state index in [0.717, 1.165) is 12.5 Å². The molecule has 2 saturated heterocycles. The number of rotatable bonds is 2. The molecule has 0 saturated carbocycles. The third kappa shape index (κ3) is 2.53. The zero-order valence-electron chi connectivity index (χ0n) is 10.4. The monoisotopic (exact) mass is 230 g/mol. The van der Waals surface area contributed by atoms with Crippen LogP contribution in [0.25, 0.3) is 0 Å². The van der Waals surface area contributed by atoms with E-state index in [9.17, 15) is 0 Å². The van der Waals surface area contributed by atoms with Crippen LogP contribution in [0, 0.1) is 0 Å². The fourth-order valence-electron chi connectivity index (χ4n) is 3.08. The van der Waals surface area contributed by atoms with Crippen molar-refractivity contribution in [1.82, 2.24) is 10.6 Å². The molecule has 2 aliphatic rings. The summed E-state index contributed by atoms with van der Waals surface area (Å²) in [6, 6.07) is 9.93. The summed E-state index contributed by atoms with van der Waals surface area (Å²) in [7, 11) is 0. The summed E-state index contributed by atoms with van der Waals surface area (Å²) in [5.41, 5.74) is 2.98. The van der Waals surface area contributed by atoms with Gasteiger partial charge in [-0.05, 0) is 49.4 Å². The summed E-state index contributed by atoms with van der Waals surface area (Å²) in [6.07, 6.45) is 5.29. The van der Waals surface area contributed by atoms with Crippen LogP contribution in [-0.2, 0) is 0 Å². The van der Waals surface area contributed by atoms with Crippen molar-refractivity contribution >= 4 is 0 Å². The molecule has 2 unspecified atom stereocenters. The maximum Gasteiger partial charge on any atom is 0.0320 e. The first kappa shape index (κ1) is 11.2. The molecule has 2 heterocycles. The number of benzene rings is 1. The number of hydrogen-bond donors (Lipinski definition) is 2. The zero-order chi connectivity index (χ0) is 11.5. The number of nitrogens with one attached hydrogen (secondary N) is 2. The average Bonchev–Trinajstić information content (AvgIpc) is 2.94. The zero-order valence-corrected chi connectivity index (χ0v) is 10.4. The first-order valence-corrected chi connectivity index (χ1v) is 6.97. The van der Waals surface area contributed by atoms with Gasteiger partial charge in [-0.2, -0.15) is 0 Å². The van der Waals surface area contributed by atoms with Gasteiger partial charge in [0.1, 0.15) is 0 Å². The molecule has 2 heteroatoms. The smallest absolute Gasteiger partial charge is 0.0320 e. The van der Waals surface area contributed by atoms with Gasteiger partial charge >= 0.3 is 0 Å². The van der Waals surface area contributed by atoms with Crippen LogP contribution >= 0.6 is 0 Å². The van der Waals surface area contributed by atoms with E-state index in [4.69, 9.17) is 0 Å². The highest BCUT2D eigenvalue weighted by Gasteiger charge is 2.18. The Balaban J connectivity index is 1.70. The van der Waals surface area contributed by atoms with Crippen LogP contribution < -0.4 is 10.6 Å². The van der Waals surface area contributed by atoms with Crippen molar-refractivity contribution in [3.05, 3.63) is 35.4 Å². The summed E-state index contributed by atoms with van der Waals surface area (Å²) >= 11 is 0. The Morgan fingerprint density at radius 1 is 0.882 bits per heavy atom. The van der Waals surface area contributed by atoms with Crippen molar-refractivity contribution in [2.75, 3.05) is 19.6 Å². The van der Waals surface area contributed by atoms with E-state index in [1.165, 1.54) is 49.9 Å². The Morgan fingerprint density at radius 3 is 2.35 bits per heavy atom. The van der Waals surface area contributed by atoms with E-state index < -0.39 is 0 Å². The summed E-state index contributed by atoms with van der Waals surface area (Å²) < 4.78 is 0. The Labute approximate surface area is 104 Å². The van der Waals surface area contributed by atoms with Crippen molar-refractivity contribution in [2.24, 2.45) is 0 Å². The molecule has 2 N–H and O–H groups in total. The van der Waals surface area contributed by atoms with Crippen molar-refractivity contribution in [1.29, 1.82) is 0 Å². The first-order chi connectivity index (χ1) is 8.43. The summed E-state index contributed by atoms with van der Waals surface area (Å²) in [5.74, 6) is 0.739. The molecule has 0 aliphatic carbocycles. The first-order valence-electron chi connectivity index (χ1n) is 6.97. The lowest BCUT2D eigenvalue weighted by Crippen LogP contribution is -2.26. The molecular weight excluding hydrogens is 208 g/mol. The third-order valence-corrected chi connectivity index (χ3v) is 4.18. The topological polar surface area (TPSA) is 24.1 Å². The minimum absolute atomic E-state index is 0.597. The van der Waals surface area contributed by atoms with Crippen LogP contribution in [0.1, 0.15) is 48.8 Å². The van der Waals surface area contributed by atoms with Gasteiger partial charge in [0.25, 0.3) is 0 Å². The molecule has 0 radical (unpaired) electrons. The van der Waals surface area contributed by atoms with E-state index in [1.54, 1.807) is 0 Å². The Morgan fingerprint density at radius 2 is 1.71 bits per heavy atom. The summed E-state index contributed by atoms with van der Waals surface area (Å²) in [4.78, 5) is 0. The normalized spacial score (nSPS) is 29.4. The van der Waals surface area contributed by atoms with E-state index >= 15 is 0 Å². The average molecular weight is 230 g/mol. The molecular formula is C15H22N2. The van der Waals surface area contributed by atoms with Gasteiger partial charge in [0.2, 0.25) is 0 Å². The number of hydrogen-bond acceptors (Lipinski definition) is 2. The predicted octanol–water partition coefficient (Wildman–Crippen LogP) is 2.58. The molecule has 0 amide bonds. The van der Waals surface area contributed by atoms with Gasteiger partial charge in [-0.25, -0.2) is 0 Å². The highest BCUT2D eigenvalue weighted by atomic mass is 14.9. The standard InChI is InChI=1S/C15H22N2/c1-2-9-17-15(3-1)13-6-4-12(5-7-13)14-8-10-16-11-14/h4-7,14-17H,1-3,8-11H2. The van der Waals surface area contributed by atoms with Crippen LogP contribution in [0.2, 0.25) is 0 Å². The van der Waals surface area contributed by atoms with E-state index in [2.05, 4.69) is 34.9 Å². The molecule has 92 valence electrons. The van der Waals surface area contributed by atoms with Crippen LogP contribution in [0.5, 0.6) is 0 Å². The molecule has 2 atom stereocenters. The lowest BCUT2D eigenvalue weighted by Gasteiger charge is -2.24. The summed E-state index contributed by atoms with van der Waals surface area (Å²) in [5, 5.41) is 7.05. The van der Waals surface area contributed by atoms with Crippen molar-refractivity contribution in [3.63, 3.8) is 0 Å². The second kappa shape index (κ2) is 5.19. The van der Waals surface area contributed by atoms with Crippen LogP contribution in [-0.4, -0.2) is 19.6 Å². The van der Waals surface area contributed by atoms with Crippen LogP contribution in [0.3, 0.4) is 0 Å². The fraction of sp³-hybridized carbons (Fsp3) is 0.600.